The fraction of sp³-hybridized carbons (Fsp3) is 0.294. The highest BCUT2D eigenvalue weighted by atomic mass is 19.1. The molecule has 0 spiro atoms. The van der Waals surface area contributed by atoms with E-state index in [9.17, 15) is 4.39 Å². The number of nitrogens with zero attached hydrogens (tertiary/aromatic N) is 1. The molecular weight excluding hydrogens is 251 g/mol. The molecule has 3 heteroatoms. The van der Waals surface area contributed by atoms with Gasteiger partial charge < -0.3 is 10.2 Å². The molecule has 1 atom stereocenters. The Kier molecular flexibility index (Phi) is 4.74. The molecule has 1 unspecified atom stereocenters. The second kappa shape index (κ2) is 6.53. The number of anilines is 1. The summed E-state index contributed by atoms with van der Waals surface area (Å²) in [6.45, 7) is 2.80. The summed E-state index contributed by atoms with van der Waals surface area (Å²) >= 11 is 0. The van der Waals surface area contributed by atoms with E-state index < -0.39 is 0 Å². The van der Waals surface area contributed by atoms with Crippen LogP contribution in [0.4, 0.5) is 10.1 Å². The SMILES string of the molecule is CNC(CN(C)c1ccccc1C)c1ccccc1F. The summed E-state index contributed by atoms with van der Waals surface area (Å²) in [5, 5.41) is 3.20. The normalized spacial score (nSPS) is 12.2. The van der Waals surface area contributed by atoms with Crippen molar-refractivity contribution in [3.8, 4) is 0 Å². The van der Waals surface area contributed by atoms with Gasteiger partial charge in [-0.15, -0.1) is 0 Å². The lowest BCUT2D eigenvalue weighted by Gasteiger charge is -2.27. The minimum atomic E-state index is -0.162. The van der Waals surface area contributed by atoms with Crippen LogP contribution in [0.2, 0.25) is 0 Å². The van der Waals surface area contributed by atoms with Gasteiger partial charge in [0, 0.05) is 24.8 Å². The zero-order valence-corrected chi connectivity index (χ0v) is 12.2. The van der Waals surface area contributed by atoms with Gasteiger partial charge in [-0.05, 0) is 31.7 Å². The lowest BCUT2D eigenvalue weighted by Crippen LogP contribution is -2.32. The van der Waals surface area contributed by atoms with Crippen LogP contribution in [0.15, 0.2) is 48.5 Å². The van der Waals surface area contributed by atoms with E-state index in [1.54, 1.807) is 6.07 Å². The zero-order chi connectivity index (χ0) is 14.5. The van der Waals surface area contributed by atoms with Crippen molar-refractivity contribution in [1.29, 1.82) is 0 Å². The highest BCUT2D eigenvalue weighted by Crippen LogP contribution is 2.22. The van der Waals surface area contributed by atoms with E-state index in [4.69, 9.17) is 0 Å². The summed E-state index contributed by atoms with van der Waals surface area (Å²) in [6.07, 6.45) is 0. The third-order valence-corrected chi connectivity index (χ3v) is 3.61. The van der Waals surface area contributed by atoms with Crippen LogP contribution in [-0.4, -0.2) is 20.6 Å². The van der Waals surface area contributed by atoms with Crippen molar-refractivity contribution in [2.45, 2.75) is 13.0 Å². The molecule has 0 bridgehead atoms. The molecule has 2 rings (SSSR count). The first kappa shape index (κ1) is 14.5. The molecule has 20 heavy (non-hydrogen) atoms. The first-order valence-corrected chi connectivity index (χ1v) is 6.82. The number of likely N-dealkylation sites (N-methyl/N-ethyl adjacent to an activating group) is 2. The van der Waals surface area contributed by atoms with Crippen LogP contribution in [0, 0.1) is 12.7 Å². The molecule has 0 aliphatic carbocycles. The second-order valence-electron chi connectivity index (χ2n) is 5.03. The first-order valence-electron chi connectivity index (χ1n) is 6.82. The van der Waals surface area contributed by atoms with E-state index in [1.807, 2.05) is 38.4 Å². The van der Waals surface area contributed by atoms with Crippen molar-refractivity contribution in [2.75, 3.05) is 25.5 Å². The van der Waals surface area contributed by atoms with Gasteiger partial charge in [-0.1, -0.05) is 36.4 Å². The maximum absolute atomic E-state index is 13.9. The Morgan fingerprint density at radius 3 is 2.40 bits per heavy atom. The van der Waals surface area contributed by atoms with Crippen molar-refractivity contribution in [3.63, 3.8) is 0 Å². The van der Waals surface area contributed by atoms with Gasteiger partial charge in [-0.2, -0.15) is 0 Å². The molecule has 0 aromatic heterocycles. The highest BCUT2D eigenvalue weighted by Gasteiger charge is 2.16. The Balaban J connectivity index is 2.19. The average Bonchev–Trinajstić information content (AvgIpc) is 2.46. The van der Waals surface area contributed by atoms with Crippen LogP contribution in [0.3, 0.4) is 0 Å². The molecule has 1 N–H and O–H groups in total. The van der Waals surface area contributed by atoms with Gasteiger partial charge in [-0.3, -0.25) is 0 Å². The number of hydrogen-bond acceptors (Lipinski definition) is 2. The summed E-state index contributed by atoms with van der Waals surface area (Å²) in [4.78, 5) is 2.16. The van der Waals surface area contributed by atoms with E-state index in [-0.39, 0.29) is 11.9 Å². The Labute approximate surface area is 120 Å². The molecule has 106 valence electrons. The van der Waals surface area contributed by atoms with Crippen LogP contribution in [-0.2, 0) is 0 Å². The van der Waals surface area contributed by atoms with Crippen molar-refractivity contribution >= 4 is 5.69 Å². The van der Waals surface area contributed by atoms with Crippen LogP contribution < -0.4 is 10.2 Å². The Bertz CT molecular complexity index is 568. The van der Waals surface area contributed by atoms with Gasteiger partial charge >= 0.3 is 0 Å². The predicted octanol–water partition coefficient (Wildman–Crippen LogP) is 3.53. The van der Waals surface area contributed by atoms with Gasteiger partial charge in [0.2, 0.25) is 0 Å². The molecule has 0 aliphatic heterocycles. The molecule has 2 aromatic carbocycles. The lowest BCUT2D eigenvalue weighted by molar-refractivity contribution is 0.534. The zero-order valence-electron chi connectivity index (χ0n) is 12.2. The predicted molar refractivity (Wildman–Crippen MR) is 82.6 cm³/mol. The van der Waals surface area contributed by atoms with E-state index in [0.717, 1.165) is 0 Å². The number of para-hydroxylation sites is 1. The van der Waals surface area contributed by atoms with E-state index in [1.165, 1.54) is 17.3 Å². The van der Waals surface area contributed by atoms with Crippen LogP contribution >= 0.6 is 0 Å². The quantitative estimate of drug-likeness (QED) is 0.895. The lowest BCUT2D eigenvalue weighted by atomic mass is 10.1. The Morgan fingerprint density at radius 2 is 1.75 bits per heavy atom. The Morgan fingerprint density at radius 1 is 1.10 bits per heavy atom. The van der Waals surface area contributed by atoms with Crippen LogP contribution in [0.5, 0.6) is 0 Å². The monoisotopic (exact) mass is 272 g/mol. The fourth-order valence-corrected chi connectivity index (χ4v) is 2.47. The highest BCUT2D eigenvalue weighted by molar-refractivity contribution is 5.52. The summed E-state index contributed by atoms with van der Waals surface area (Å²) in [6, 6.07) is 15.1. The maximum atomic E-state index is 13.9. The van der Waals surface area contributed by atoms with Gasteiger partial charge in [0.1, 0.15) is 5.82 Å². The van der Waals surface area contributed by atoms with Crippen LogP contribution in [0.25, 0.3) is 0 Å². The molecule has 2 nitrogen and oxygen atoms in total. The van der Waals surface area contributed by atoms with Crippen molar-refractivity contribution in [2.24, 2.45) is 0 Å². The molecule has 0 heterocycles. The minimum absolute atomic E-state index is 0.0409. The molecule has 0 amide bonds. The molecule has 0 aliphatic rings. The molecule has 0 saturated carbocycles. The number of benzene rings is 2. The number of nitrogens with one attached hydrogen (secondary N) is 1. The van der Waals surface area contributed by atoms with E-state index in [0.29, 0.717) is 12.1 Å². The third kappa shape index (κ3) is 3.17. The van der Waals surface area contributed by atoms with E-state index in [2.05, 4.69) is 29.3 Å². The van der Waals surface area contributed by atoms with Gasteiger partial charge in [0.15, 0.2) is 0 Å². The number of hydrogen-bond donors (Lipinski definition) is 1. The van der Waals surface area contributed by atoms with Gasteiger partial charge in [0.05, 0.1) is 6.04 Å². The standard InChI is InChI=1S/C17H21FN2/c1-13-8-4-7-11-17(13)20(3)12-16(19-2)14-9-5-6-10-15(14)18/h4-11,16,19H,12H2,1-3H3. The van der Waals surface area contributed by atoms with Crippen molar-refractivity contribution < 1.29 is 4.39 Å². The molecular formula is C17H21FN2. The largest absolute Gasteiger partial charge is 0.372 e. The van der Waals surface area contributed by atoms with Gasteiger partial charge in [-0.25, -0.2) is 4.39 Å². The summed E-state index contributed by atoms with van der Waals surface area (Å²) in [5.74, 6) is -0.162. The number of rotatable bonds is 5. The molecule has 2 aromatic rings. The fourth-order valence-electron chi connectivity index (χ4n) is 2.47. The van der Waals surface area contributed by atoms with E-state index >= 15 is 0 Å². The van der Waals surface area contributed by atoms with Crippen molar-refractivity contribution in [1.82, 2.24) is 5.32 Å². The van der Waals surface area contributed by atoms with Crippen LogP contribution in [0.1, 0.15) is 17.2 Å². The summed E-state index contributed by atoms with van der Waals surface area (Å²) in [7, 11) is 3.90. The van der Waals surface area contributed by atoms with Crippen molar-refractivity contribution in [3.05, 3.63) is 65.5 Å². The summed E-state index contributed by atoms with van der Waals surface area (Å²) < 4.78 is 13.9. The maximum Gasteiger partial charge on any atom is 0.128 e. The number of aryl methyl sites for hydroxylation is 1. The Hall–Kier alpha value is -1.87. The smallest absolute Gasteiger partial charge is 0.128 e. The number of halogens is 1. The first-order chi connectivity index (χ1) is 9.63. The average molecular weight is 272 g/mol. The second-order valence-corrected chi connectivity index (χ2v) is 5.03. The molecule has 0 fully saturated rings. The van der Waals surface area contributed by atoms with Gasteiger partial charge in [0.25, 0.3) is 0 Å². The third-order valence-electron chi connectivity index (χ3n) is 3.61. The molecule has 0 radical (unpaired) electrons. The summed E-state index contributed by atoms with van der Waals surface area (Å²) in [5.41, 5.74) is 3.10. The minimum Gasteiger partial charge on any atom is -0.372 e. The molecule has 0 saturated heterocycles. The topological polar surface area (TPSA) is 15.3 Å².